The normalized spacial score (nSPS) is 13.8. The smallest absolute Gasteiger partial charge is 0.306 e. The zero-order chi connectivity index (χ0) is 63.3. The second kappa shape index (κ2) is 75.0. The van der Waals surface area contributed by atoms with E-state index in [-0.39, 0.29) is 25.2 Å². The third kappa shape index (κ3) is 72.2. The first-order valence-corrected chi connectivity index (χ1v) is 34.6. The number of allylic oxidation sites excluding steroid dienone is 40. The van der Waals surface area contributed by atoms with Gasteiger partial charge in [0.25, 0.3) is 0 Å². The fraction of sp³-hybridized carbons (Fsp3) is 0.494. The molecule has 0 aliphatic heterocycles. The monoisotopic (exact) mass is 1200 g/mol. The number of rotatable bonds is 60. The van der Waals surface area contributed by atoms with Crippen LogP contribution in [0.3, 0.4) is 0 Å². The van der Waals surface area contributed by atoms with Gasteiger partial charge in [-0.3, -0.25) is 9.59 Å². The summed E-state index contributed by atoms with van der Waals surface area (Å²) in [6, 6.07) is 0. The molecular weight excluding hydrogens is 1080 g/mol. The van der Waals surface area contributed by atoms with Crippen molar-refractivity contribution < 1.29 is 24.2 Å². The lowest BCUT2D eigenvalue weighted by Crippen LogP contribution is -2.28. The quantitative estimate of drug-likeness (QED) is 0.0373. The van der Waals surface area contributed by atoms with Crippen molar-refractivity contribution in [3.05, 3.63) is 243 Å². The van der Waals surface area contributed by atoms with Crippen LogP contribution in [0.25, 0.3) is 0 Å². The molecule has 0 heterocycles. The van der Waals surface area contributed by atoms with Gasteiger partial charge in [0.2, 0.25) is 0 Å². The molecule has 1 N–H and O–H groups in total. The summed E-state index contributed by atoms with van der Waals surface area (Å²) in [5.41, 5.74) is 0. The zero-order valence-corrected chi connectivity index (χ0v) is 55.6. The van der Waals surface area contributed by atoms with Crippen LogP contribution in [0.2, 0.25) is 0 Å². The number of aliphatic hydroxyl groups is 1. The molecule has 0 aliphatic rings. The molecule has 0 aromatic heterocycles. The van der Waals surface area contributed by atoms with Crippen molar-refractivity contribution in [1.82, 2.24) is 0 Å². The van der Waals surface area contributed by atoms with Crippen molar-refractivity contribution >= 4 is 11.9 Å². The zero-order valence-electron chi connectivity index (χ0n) is 55.6. The molecule has 0 amide bonds. The molecule has 0 radical (unpaired) electrons. The first kappa shape index (κ1) is 81.7. The second-order valence-electron chi connectivity index (χ2n) is 21.8. The summed E-state index contributed by atoms with van der Waals surface area (Å²) >= 11 is 0. The lowest BCUT2D eigenvalue weighted by molar-refractivity contribution is -0.161. The molecule has 1 unspecified atom stereocenters. The summed E-state index contributed by atoms with van der Waals surface area (Å²) in [6.45, 7) is 3.87. The van der Waals surface area contributed by atoms with Gasteiger partial charge in [0.15, 0.2) is 6.10 Å². The number of aliphatic hydroxyl groups excluding tert-OH is 1. The van der Waals surface area contributed by atoms with Crippen molar-refractivity contribution in [1.29, 1.82) is 0 Å². The van der Waals surface area contributed by atoms with Gasteiger partial charge >= 0.3 is 11.9 Å². The maximum atomic E-state index is 12.4. The summed E-state index contributed by atoms with van der Waals surface area (Å²) in [6.07, 6.45) is 124. The highest BCUT2D eigenvalue weighted by molar-refractivity contribution is 5.70. The Balaban J connectivity index is 3.68. The standard InChI is InChI=1S/C83H124O5/c1-3-5-7-9-11-13-15-17-19-21-23-25-27-29-31-33-35-37-38-39-40-41-42-43-44-46-48-50-52-54-56-58-60-62-64-66-68-70-72-74-76-78-83(86)88-81(79-84)80-87-82(85)77-75-73-71-69-67-65-63-61-59-57-55-53-51-49-47-45-36-34-32-30-28-26-24-22-20-18-16-14-12-10-8-6-4-2/h5-8,11-14,17-20,23-26,29-32,35-37,39-40,42-43,45-46,48-49,51-52,54-55,57-58,60-61,63,81,84H,3-4,9-10,15-16,21-22,27-28,33-34,38,41,44,47,50,53,56,59,62,64-80H2,1-2H3/b7-5-,8-6-,13-11-,14-12-,19-17-,20-18-,25-23-,26-24-,31-29-,32-30-,37-35-,40-39-,43-42-,45-36-,48-46-,51-49-,54-52-,57-55-,60-58-,63-61-. The molecule has 0 saturated heterocycles. The summed E-state index contributed by atoms with van der Waals surface area (Å²) < 4.78 is 10.7. The molecule has 0 aliphatic carbocycles. The van der Waals surface area contributed by atoms with E-state index in [1.807, 2.05) is 0 Å². The number of ether oxygens (including phenoxy) is 2. The van der Waals surface area contributed by atoms with E-state index in [0.29, 0.717) is 12.8 Å². The molecule has 5 nitrogen and oxygen atoms in total. The third-order valence-electron chi connectivity index (χ3n) is 13.6. The summed E-state index contributed by atoms with van der Waals surface area (Å²) in [7, 11) is 0. The Kier molecular flexibility index (Phi) is 69.6. The van der Waals surface area contributed by atoms with Crippen molar-refractivity contribution in [2.45, 2.75) is 251 Å². The Morgan fingerprint density at radius 2 is 0.455 bits per heavy atom. The minimum absolute atomic E-state index is 0.0975. The van der Waals surface area contributed by atoms with Gasteiger partial charge in [-0.15, -0.1) is 0 Å². The van der Waals surface area contributed by atoms with Crippen LogP contribution in [0.1, 0.15) is 245 Å². The summed E-state index contributed by atoms with van der Waals surface area (Å²) in [5, 5.41) is 9.70. The fourth-order valence-corrected chi connectivity index (χ4v) is 8.55. The average molecular weight is 1200 g/mol. The molecule has 0 aromatic rings. The van der Waals surface area contributed by atoms with Crippen molar-refractivity contribution in [2.24, 2.45) is 0 Å². The number of carbonyl (C=O) groups excluding carboxylic acids is 2. The SMILES string of the molecule is CC/C=C\C/C=C\C/C=C\C/C=C\C/C=C\C/C=C\C/C=C\C/C=C\C/C=C\C/C=C\C/C=C\CCCCCCCCCC(=O)OC(CO)COC(=O)CCCCCCC/C=C\C/C=C\C/C=C\C/C=C\C/C=C\C/C=C\C/C=C\C/C=C\C/C=C\CC. The number of hydrogen-bond donors (Lipinski definition) is 1. The maximum absolute atomic E-state index is 12.4. The first-order valence-electron chi connectivity index (χ1n) is 34.6. The van der Waals surface area contributed by atoms with E-state index in [9.17, 15) is 14.7 Å². The van der Waals surface area contributed by atoms with Crippen molar-refractivity contribution in [3.8, 4) is 0 Å². The molecule has 0 rings (SSSR count). The van der Waals surface area contributed by atoms with E-state index in [2.05, 4.69) is 257 Å². The molecule has 0 saturated carbocycles. The average Bonchev–Trinajstić information content (AvgIpc) is 3.56. The van der Waals surface area contributed by atoms with Crippen LogP contribution in [0.15, 0.2) is 243 Å². The Morgan fingerprint density at radius 1 is 0.261 bits per heavy atom. The molecule has 1 atom stereocenters. The summed E-state index contributed by atoms with van der Waals surface area (Å²) in [4.78, 5) is 24.6. The van der Waals surface area contributed by atoms with Crippen molar-refractivity contribution in [2.75, 3.05) is 13.2 Å². The van der Waals surface area contributed by atoms with E-state index in [0.717, 1.165) is 193 Å². The Hall–Kier alpha value is -6.30. The van der Waals surface area contributed by atoms with Crippen LogP contribution in [0.4, 0.5) is 0 Å². The number of esters is 2. The van der Waals surface area contributed by atoms with Crippen LogP contribution >= 0.6 is 0 Å². The Morgan fingerprint density at radius 3 is 0.682 bits per heavy atom. The molecule has 0 spiro atoms. The van der Waals surface area contributed by atoms with Crippen molar-refractivity contribution in [3.63, 3.8) is 0 Å². The van der Waals surface area contributed by atoms with E-state index < -0.39 is 6.10 Å². The molecule has 486 valence electrons. The highest BCUT2D eigenvalue weighted by atomic mass is 16.6. The van der Waals surface area contributed by atoms with Crippen LogP contribution in [-0.4, -0.2) is 36.4 Å². The van der Waals surface area contributed by atoms with Gasteiger partial charge in [0.1, 0.15) is 6.61 Å². The molecule has 0 aromatic carbocycles. The topological polar surface area (TPSA) is 72.8 Å². The minimum atomic E-state index is -0.808. The minimum Gasteiger partial charge on any atom is -0.462 e. The molecule has 0 fully saturated rings. The van der Waals surface area contributed by atoms with E-state index in [1.54, 1.807) is 0 Å². The van der Waals surface area contributed by atoms with Gasteiger partial charge in [0.05, 0.1) is 6.61 Å². The fourth-order valence-electron chi connectivity index (χ4n) is 8.55. The number of carbonyl (C=O) groups is 2. The van der Waals surface area contributed by atoms with E-state index >= 15 is 0 Å². The maximum Gasteiger partial charge on any atom is 0.306 e. The van der Waals surface area contributed by atoms with Crippen LogP contribution in [0, 0.1) is 0 Å². The predicted molar refractivity (Wildman–Crippen MR) is 388 cm³/mol. The number of unbranched alkanes of at least 4 members (excludes halogenated alkanes) is 12. The van der Waals surface area contributed by atoms with Gasteiger partial charge < -0.3 is 14.6 Å². The lowest BCUT2D eigenvalue weighted by Gasteiger charge is -2.15. The van der Waals surface area contributed by atoms with Crippen LogP contribution < -0.4 is 0 Å². The van der Waals surface area contributed by atoms with Gasteiger partial charge in [-0.05, 0) is 167 Å². The molecular formula is C83H124O5. The van der Waals surface area contributed by atoms with E-state index in [1.165, 1.54) is 25.7 Å². The Bertz CT molecular complexity index is 2200. The van der Waals surface area contributed by atoms with Gasteiger partial charge in [-0.2, -0.15) is 0 Å². The molecule has 88 heavy (non-hydrogen) atoms. The third-order valence-corrected chi connectivity index (χ3v) is 13.6. The predicted octanol–water partition coefficient (Wildman–Crippen LogP) is 24.6. The van der Waals surface area contributed by atoms with Gasteiger partial charge in [0, 0.05) is 12.8 Å². The lowest BCUT2D eigenvalue weighted by atomic mass is 10.1. The van der Waals surface area contributed by atoms with E-state index in [4.69, 9.17) is 9.47 Å². The van der Waals surface area contributed by atoms with Gasteiger partial charge in [-0.25, -0.2) is 0 Å². The summed E-state index contributed by atoms with van der Waals surface area (Å²) in [5.74, 6) is -0.645. The van der Waals surface area contributed by atoms with Crippen LogP contribution in [-0.2, 0) is 19.1 Å². The first-order chi connectivity index (χ1) is 43.6. The van der Waals surface area contributed by atoms with Gasteiger partial charge in [-0.1, -0.05) is 308 Å². The Labute approximate surface area is 540 Å². The highest BCUT2D eigenvalue weighted by Gasteiger charge is 2.16. The highest BCUT2D eigenvalue weighted by Crippen LogP contribution is 2.13. The molecule has 5 heteroatoms. The van der Waals surface area contributed by atoms with Crippen LogP contribution in [0.5, 0.6) is 0 Å². The number of hydrogen-bond acceptors (Lipinski definition) is 5. The molecule has 0 bridgehead atoms. The largest absolute Gasteiger partial charge is 0.462 e. The second-order valence-corrected chi connectivity index (χ2v) is 21.8.